The fraction of sp³-hybridized carbons (Fsp3) is 0.294. The first-order valence-corrected chi connectivity index (χ1v) is 7.23. The van der Waals surface area contributed by atoms with Gasteiger partial charge in [-0.2, -0.15) is 0 Å². The summed E-state index contributed by atoms with van der Waals surface area (Å²) in [5.74, 6) is 0. The van der Waals surface area contributed by atoms with Gasteiger partial charge in [0.1, 0.15) is 7.85 Å². The minimum absolute atomic E-state index is 0.267. The second kappa shape index (κ2) is 3.98. The molecule has 4 rings (SSSR count). The quantitative estimate of drug-likeness (QED) is 0.697. The molecule has 19 heavy (non-hydrogen) atoms. The number of fused-ring (bicyclic) bond motifs is 5. The lowest BCUT2D eigenvalue weighted by molar-refractivity contribution is 0.369. The highest BCUT2D eigenvalue weighted by Gasteiger charge is 2.43. The molecular formula is C17H18BN. The molecule has 0 radical (unpaired) electrons. The van der Waals surface area contributed by atoms with Crippen molar-refractivity contribution in [2.24, 2.45) is 0 Å². The molecule has 2 aromatic carbocycles. The third-order valence-corrected chi connectivity index (χ3v) is 4.88. The molecule has 0 aromatic heterocycles. The molecule has 1 fully saturated rings. The average molecular weight is 247 g/mol. The zero-order chi connectivity index (χ0) is 12.9. The van der Waals surface area contributed by atoms with Crippen LogP contribution >= 0.6 is 0 Å². The van der Waals surface area contributed by atoms with Gasteiger partial charge in [0.25, 0.3) is 0 Å². The zero-order valence-corrected chi connectivity index (χ0v) is 11.4. The topological polar surface area (TPSA) is 12.0 Å². The van der Waals surface area contributed by atoms with Crippen LogP contribution in [0, 0.1) is 0 Å². The summed E-state index contributed by atoms with van der Waals surface area (Å²) in [7, 11) is 2.21. The van der Waals surface area contributed by atoms with Crippen LogP contribution in [0.4, 0.5) is 0 Å². The highest BCUT2D eigenvalue weighted by atomic mass is 14.9. The van der Waals surface area contributed by atoms with E-state index in [2.05, 4.69) is 55.6 Å². The molecule has 1 N–H and O–H groups in total. The summed E-state index contributed by atoms with van der Waals surface area (Å²) < 4.78 is 0. The second-order valence-corrected chi connectivity index (χ2v) is 5.93. The molecule has 0 saturated carbocycles. The molecule has 1 nitrogen and oxygen atoms in total. The molecule has 0 unspecified atom stereocenters. The normalized spacial score (nSPS) is 19.2. The number of hydrogen-bond donors (Lipinski definition) is 1. The lowest BCUT2D eigenvalue weighted by Crippen LogP contribution is -2.39. The minimum atomic E-state index is 0.267. The highest BCUT2D eigenvalue weighted by Crippen LogP contribution is 2.52. The van der Waals surface area contributed by atoms with E-state index in [0.717, 1.165) is 13.1 Å². The van der Waals surface area contributed by atoms with Crippen LogP contribution in [-0.2, 0) is 5.41 Å². The number of benzene rings is 2. The maximum atomic E-state index is 3.51. The van der Waals surface area contributed by atoms with E-state index in [0.29, 0.717) is 0 Å². The standard InChI is InChI=1S/C17H18BN/c18-12-5-6-14-13-3-1-2-4-15(13)17(16(14)11-12)7-9-19-10-8-17/h1-6,11,19H,7-10,18H2. The van der Waals surface area contributed by atoms with E-state index in [1.165, 1.54) is 29.4 Å². The lowest BCUT2D eigenvalue weighted by Gasteiger charge is -2.36. The van der Waals surface area contributed by atoms with Gasteiger partial charge >= 0.3 is 0 Å². The Balaban J connectivity index is 2.03. The fourth-order valence-electron chi connectivity index (χ4n) is 3.96. The van der Waals surface area contributed by atoms with Crippen molar-refractivity contribution in [3.8, 4) is 11.1 Å². The van der Waals surface area contributed by atoms with Gasteiger partial charge in [0, 0.05) is 5.41 Å². The third-order valence-electron chi connectivity index (χ3n) is 4.88. The van der Waals surface area contributed by atoms with E-state index < -0.39 is 0 Å². The summed E-state index contributed by atoms with van der Waals surface area (Å²) in [6, 6.07) is 16.0. The van der Waals surface area contributed by atoms with Crippen LogP contribution in [0.15, 0.2) is 42.5 Å². The maximum Gasteiger partial charge on any atom is 0.139 e. The van der Waals surface area contributed by atoms with Crippen molar-refractivity contribution in [2.75, 3.05) is 13.1 Å². The van der Waals surface area contributed by atoms with Crippen LogP contribution in [0.1, 0.15) is 24.0 Å². The largest absolute Gasteiger partial charge is 0.317 e. The SMILES string of the molecule is Bc1ccc2c(c1)C1(CCNCC1)c1ccccc1-2. The van der Waals surface area contributed by atoms with Gasteiger partial charge in [-0.05, 0) is 48.2 Å². The summed E-state index contributed by atoms with van der Waals surface area (Å²) in [5, 5.41) is 3.51. The molecule has 2 aliphatic rings. The van der Waals surface area contributed by atoms with E-state index in [1.807, 2.05) is 0 Å². The van der Waals surface area contributed by atoms with Gasteiger partial charge in [-0.1, -0.05) is 47.9 Å². The molecule has 2 aromatic rings. The Morgan fingerprint density at radius 1 is 0.895 bits per heavy atom. The van der Waals surface area contributed by atoms with Crippen LogP contribution in [-0.4, -0.2) is 20.9 Å². The van der Waals surface area contributed by atoms with Gasteiger partial charge in [0.15, 0.2) is 0 Å². The van der Waals surface area contributed by atoms with Gasteiger partial charge in [-0.3, -0.25) is 0 Å². The van der Waals surface area contributed by atoms with Gasteiger partial charge in [0.05, 0.1) is 0 Å². The zero-order valence-electron chi connectivity index (χ0n) is 11.4. The molecule has 1 saturated heterocycles. The van der Waals surface area contributed by atoms with Crippen LogP contribution < -0.4 is 10.8 Å². The third kappa shape index (κ3) is 1.47. The monoisotopic (exact) mass is 247 g/mol. The summed E-state index contributed by atoms with van der Waals surface area (Å²) in [5.41, 5.74) is 7.68. The first kappa shape index (κ1) is 11.3. The van der Waals surface area contributed by atoms with Crippen molar-refractivity contribution in [1.82, 2.24) is 5.32 Å². The predicted molar refractivity (Wildman–Crippen MR) is 82.9 cm³/mol. The summed E-state index contributed by atoms with van der Waals surface area (Å²) in [4.78, 5) is 0. The Labute approximate surface area is 115 Å². The molecule has 0 bridgehead atoms. The Hall–Kier alpha value is -1.54. The van der Waals surface area contributed by atoms with Gasteiger partial charge < -0.3 is 5.32 Å². The van der Waals surface area contributed by atoms with Crippen LogP contribution in [0.25, 0.3) is 11.1 Å². The summed E-state index contributed by atoms with van der Waals surface area (Å²) in [6.07, 6.45) is 2.45. The van der Waals surface area contributed by atoms with Crippen molar-refractivity contribution in [2.45, 2.75) is 18.3 Å². The molecule has 1 spiro atoms. The van der Waals surface area contributed by atoms with E-state index in [9.17, 15) is 0 Å². The maximum absolute atomic E-state index is 3.51. The lowest BCUT2D eigenvalue weighted by atomic mass is 9.70. The van der Waals surface area contributed by atoms with Crippen LogP contribution in [0.2, 0.25) is 0 Å². The van der Waals surface area contributed by atoms with Crippen molar-refractivity contribution < 1.29 is 0 Å². The van der Waals surface area contributed by atoms with Gasteiger partial charge in [-0.15, -0.1) is 0 Å². The number of piperidine rings is 1. The average Bonchev–Trinajstić information content (AvgIpc) is 2.71. The number of rotatable bonds is 0. The number of hydrogen-bond acceptors (Lipinski definition) is 1. The van der Waals surface area contributed by atoms with E-state index in [4.69, 9.17) is 0 Å². The Morgan fingerprint density at radius 2 is 1.63 bits per heavy atom. The van der Waals surface area contributed by atoms with Gasteiger partial charge in [0.2, 0.25) is 0 Å². The van der Waals surface area contributed by atoms with E-state index in [-0.39, 0.29) is 5.41 Å². The smallest absolute Gasteiger partial charge is 0.139 e. The predicted octanol–water partition coefficient (Wildman–Crippen LogP) is 1.59. The molecule has 1 heterocycles. The Kier molecular flexibility index (Phi) is 2.37. The van der Waals surface area contributed by atoms with Crippen LogP contribution in [0.3, 0.4) is 0 Å². The molecular weight excluding hydrogens is 229 g/mol. The van der Waals surface area contributed by atoms with Crippen LogP contribution in [0.5, 0.6) is 0 Å². The molecule has 1 aliphatic heterocycles. The van der Waals surface area contributed by atoms with Crippen molar-refractivity contribution in [3.63, 3.8) is 0 Å². The second-order valence-electron chi connectivity index (χ2n) is 5.93. The van der Waals surface area contributed by atoms with Crippen molar-refractivity contribution in [3.05, 3.63) is 53.6 Å². The summed E-state index contributed by atoms with van der Waals surface area (Å²) >= 11 is 0. The molecule has 2 heteroatoms. The fourth-order valence-corrected chi connectivity index (χ4v) is 3.96. The molecule has 0 atom stereocenters. The summed E-state index contributed by atoms with van der Waals surface area (Å²) in [6.45, 7) is 2.25. The van der Waals surface area contributed by atoms with E-state index >= 15 is 0 Å². The molecule has 94 valence electrons. The number of nitrogens with one attached hydrogen (secondary N) is 1. The Bertz CT molecular complexity index is 641. The van der Waals surface area contributed by atoms with Gasteiger partial charge in [-0.25, -0.2) is 0 Å². The molecule has 0 amide bonds. The first-order valence-electron chi connectivity index (χ1n) is 7.23. The highest BCUT2D eigenvalue weighted by molar-refractivity contribution is 6.32. The Morgan fingerprint density at radius 3 is 2.47 bits per heavy atom. The first-order chi connectivity index (χ1) is 9.31. The van der Waals surface area contributed by atoms with E-state index in [1.54, 1.807) is 11.1 Å². The van der Waals surface area contributed by atoms with Crippen molar-refractivity contribution in [1.29, 1.82) is 0 Å². The minimum Gasteiger partial charge on any atom is -0.317 e. The van der Waals surface area contributed by atoms with Crippen molar-refractivity contribution >= 4 is 13.3 Å². The molecule has 1 aliphatic carbocycles.